The summed E-state index contributed by atoms with van der Waals surface area (Å²) in [7, 11) is 0. The Hall–Kier alpha value is -3.68. The van der Waals surface area contributed by atoms with Gasteiger partial charge in [0.25, 0.3) is 0 Å². The molecule has 2 aromatic heterocycles. The SMILES string of the molecule is Cc1ccccc1NC(=O)CCN1C(=S)N[C@H](c2ccccn2)[C@@H]1c1cc(C)n(-c2cc(Cl)ccc2C)c1C. The number of rotatable bonds is 7. The third-order valence-corrected chi connectivity index (χ3v) is 7.99. The largest absolute Gasteiger partial charge is 0.352 e. The second kappa shape index (κ2) is 11.2. The molecule has 2 N–H and O–H groups in total. The van der Waals surface area contributed by atoms with Gasteiger partial charge in [0, 0.05) is 46.9 Å². The molecular formula is C31H32ClN5OS. The molecule has 2 atom stereocenters. The smallest absolute Gasteiger partial charge is 0.226 e. The lowest BCUT2D eigenvalue weighted by Crippen LogP contribution is -2.33. The number of aromatic nitrogens is 2. The van der Waals surface area contributed by atoms with Gasteiger partial charge in [-0.05, 0) is 93.0 Å². The van der Waals surface area contributed by atoms with Crippen LogP contribution in [0, 0.1) is 27.7 Å². The standard InChI is InChI=1S/C31H32ClN5OS/c1-19-9-5-6-10-25(19)34-28(38)14-16-36-30(29(35-31(36)39)26-11-7-8-15-33-26)24-17-21(3)37(22(24)4)27-18-23(32)13-12-20(27)2/h5-13,15,17-18,29-30H,14,16H2,1-4H3,(H,34,38)(H,35,39)/t29-,30+/m1/s1. The zero-order valence-corrected chi connectivity index (χ0v) is 24.1. The maximum Gasteiger partial charge on any atom is 0.226 e. The number of carbonyl (C=O) groups is 1. The molecule has 1 aliphatic rings. The minimum absolute atomic E-state index is 0.0489. The van der Waals surface area contributed by atoms with Crippen molar-refractivity contribution >= 4 is 40.5 Å². The molecule has 0 unspecified atom stereocenters. The summed E-state index contributed by atoms with van der Waals surface area (Å²) in [6.45, 7) is 8.78. The van der Waals surface area contributed by atoms with Gasteiger partial charge in [-0.15, -0.1) is 0 Å². The Labute approximate surface area is 240 Å². The van der Waals surface area contributed by atoms with E-state index < -0.39 is 0 Å². The van der Waals surface area contributed by atoms with Crippen LogP contribution < -0.4 is 10.6 Å². The second-order valence-electron chi connectivity index (χ2n) is 10.0. The third kappa shape index (κ3) is 5.42. The van der Waals surface area contributed by atoms with E-state index in [2.05, 4.69) is 51.9 Å². The molecule has 39 heavy (non-hydrogen) atoms. The normalized spacial score (nSPS) is 16.8. The number of halogens is 1. The molecule has 1 fully saturated rings. The Balaban J connectivity index is 1.50. The Kier molecular flexibility index (Phi) is 7.73. The lowest BCUT2D eigenvalue weighted by molar-refractivity contribution is -0.116. The van der Waals surface area contributed by atoms with Crippen molar-refractivity contribution in [2.45, 2.75) is 46.2 Å². The average Bonchev–Trinajstić information content (AvgIpc) is 3.40. The summed E-state index contributed by atoms with van der Waals surface area (Å²) >= 11 is 12.2. The number of carbonyl (C=O) groups excluding carboxylic acids is 1. The number of nitrogens with zero attached hydrogens (tertiary/aromatic N) is 3. The number of pyridine rings is 1. The molecule has 1 saturated heterocycles. The number of nitrogens with one attached hydrogen (secondary N) is 2. The van der Waals surface area contributed by atoms with E-state index in [4.69, 9.17) is 23.8 Å². The van der Waals surface area contributed by atoms with Crippen LogP contribution in [0.5, 0.6) is 0 Å². The zero-order valence-electron chi connectivity index (χ0n) is 22.5. The molecule has 3 heterocycles. The van der Waals surface area contributed by atoms with Crippen molar-refractivity contribution in [3.8, 4) is 5.69 Å². The summed E-state index contributed by atoms with van der Waals surface area (Å²) in [5, 5.41) is 7.86. The molecule has 5 rings (SSSR count). The van der Waals surface area contributed by atoms with Crippen molar-refractivity contribution < 1.29 is 4.79 Å². The molecule has 1 amide bonds. The van der Waals surface area contributed by atoms with Crippen molar-refractivity contribution in [1.29, 1.82) is 0 Å². The van der Waals surface area contributed by atoms with Crippen LogP contribution in [-0.2, 0) is 4.79 Å². The lowest BCUT2D eigenvalue weighted by Gasteiger charge is -2.28. The molecule has 8 heteroatoms. The maximum absolute atomic E-state index is 13.0. The van der Waals surface area contributed by atoms with Gasteiger partial charge in [-0.25, -0.2) is 0 Å². The number of amides is 1. The summed E-state index contributed by atoms with van der Waals surface area (Å²) in [5.41, 5.74) is 8.28. The van der Waals surface area contributed by atoms with Crippen LogP contribution in [-0.4, -0.2) is 32.0 Å². The first kappa shape index (κ1) is 26.9. The predicted molar refractivity (Wildman–Crippen MR) is 162 cm³/mol. The van der Waals surface area contributed by atoms with E-state index in [1.165, 1.54) is 0 Å². The molecular weight excluding hydrogens is 526 g/mol. The summed E-state index contributed by atoms with van der Waals surface area (Å²) in [6.07, 6.45) is 2.10. The maximum atomic E-state index is 13.0. The van der Waals surface area contributed by atoms with Crippen LogP contribution in [0.3, 0.4) is 0 Å². The second-order valence-corrected chi connectivity index (χ2v) is 10.8. The van der Waals surface area contributed by atoms with E-state index in [9.17, 15) is 4.79 Å². The van der Waals surface area contributed by atoms with Crippen molar-refractivity contribution in [3.05, 3.63) is 112 Å². The monoisotopic (exact) mass is 557 g/mol. The molecule has 1 aliphatic heterocycles. The van der Waals surface area contributed by atoms with E-state index in [1.54, 1.807) is 6.20 Å². The number of para-hydroxylation sites is 1. The van der Waals surface area contributed by atoms with Crippen molar-refractivity contribution in [2.75, 3.05) is 11.9 Å². The zero-order chi connectivity index (χ0) is 27.7. The van der Waals surface area contributed by atoms with Gasteiger partial charge in [0.1, 0.15) is 0 Å². The summed E-state index contributed by atoms with van der Waals surface area (Å²) in [5.74, 6) is -0.0489. The van der Waals surface area contributed by atoms with Crippen LogP contribution in [0.2, 0.25) is 5.02 Å². The van der Waals surface area contributed by atoms with Gasteiger partial charge in [0.05, 0.1) is 17.8 Å². The highest BCUT2D eigenvalue weighted by molar-refractivity contribution is 7.80. The Morgan fingerprint density at radius 3 is 2.54 bits per heavy atom. The van der Waals surface area contributed by atoms with Gasteiger partial charge in [-0.1, -0.05) is 41.9 Å². The van der Waals surface area contributed by atoms with Gasteiger partial charge in [-0.2, -0.15) is 0 Å². The quantitative estimate of drug-likeness (QED) is 0.246. The first-order valence-electron chi connectivity index (χ1n) is 13.0. The highest BCUT2D eigenvalue weighted by Crippen LogP contribution is 2.41. The Bertz CT molecular complexity index is 1530. The van der Waals surface area contributed by atoms with Crippen molar-refractivity contribution in [1.82, 2.24) is 19.8 Å². The highest BCUT2D eigenvalue weighted by Gasteiger charge is 2.41. The lowest BCUT2D eigenvalue weighted by atomic mass is 9.96. The van der Waals surface area contributed by atoms with E-state index in [1.807, 2.05) is 67.6 Å². The van der Waals surface area contributed by atoms with Crippen LogP contribution in [0.1, 0.15) is 52.3 Å². The topological polar surface area (TPSA) is 62.2 Å². The van der Waals surface area contributed by atoms with Crippen molar-refractivity contribution in [3.63, 3.8) is 0 Å². The van der Waals surface area contributed by atoms with E-state index in [-0.39, 0.29) is 18.0 Å². The number of hydrogen-bond donors (Lipinski definition) is 2. The fourth-order valence-corrected chi connectivity index (χ4v) is 5.91. The van der Waals surface area contributed by atoms with Gasteiger partial charge in [-0.3, -0.25) is 9.78 Å². The molecule has 4 aromatic rings. The number of hydrogen-bond acceptors (Lipinski definition) is 3. The molecule has 6 nitrogen and oxygen atoms in total. The van der Waals surface area contributed by atoms with Crippen LogP contribution >= 0.6 is 23.8 Å². The number of thiocarbonyl (C=S) groups is 1. The molecule has 0 aliphatic carbocycles. The predicted octanol–water partition coefficient (Wildman–Crippen LogP) is 6.76. The van der Waals surface area contributed by atoms with E-state index >= 15 is 0 Å². The Morgan fingerprint density at radius 2 is 1.79 bits per heavy atom. The van der Waals surface area contributed by atoms with Crippen LogP contribution in [0.25, 0.3) is 5.69 Å². The van der Waals surface area contributed by atoms with Gasteiger partial charge in [0.15, 0.2) is 5.11 Å². The van der Waals surface area contributed by atoms with Crippen molar-refractivity contribution in [2.24, 2.45) is 0 Å². The number of anilines is 1. The van der Waals surface area contributed by atoms with Gasteiger partial charge in [0.2, 0.25) is 5.91 Å². The van der Waals surface area contributed by atoms with Crippen LogP contribution in [0.4, 0.5) is 5.69 Å². The summed E-state index contributed by atoms with van der Waals surface area (Å²) in [6, 6.07) is 21.6. The fourth-order valence-electron chi connectivity index (χ4n) is 5.41. The summed E-state index contributed by atoms with van der Waals surface area (Å²) in [4.78, 5) is 19.8. The number of aryl methyl sites for hydroxylation is 3. The van der Waals surface area contributed by atoms with Crippen LogP contribution in [0.15, 0.2) is 72.9 Å². The molecule has 0 saturated carbocycles. The minimum Gasteiger partial charge on any atom is -0.352 e. The first-order valence-corrected chi connectivity index (χ1v) is 13.8. The Morgan fingerprint density at radius 1 is 1.03 bits per heavy atom. The highest BCUT2D eigenvalue weighted by atomic mass is 35.5. The molecule has 0 spiro atoms. The van der Waals surface area contributed by atoms with Gasteiger partial charge >= 0.3 is 0 Å². The third-order valence-electron chi connectivity index (χ3n) is 7.40. The average molecular weight is 558 g/mol. The minimum atomic E-state index is -0.160. The molecule has 200 valence electrons. The van der Waals surface area contributed by atoms with E-state index in [0.29, 0.717) is 23.1 Å². The van der Waals surface area contributed by atoms with E-state index in [0.717, 1.165) is 45.1 Å². The molecule has 0 bridgehead atoms. The fraction of sp³-hybridized carbons (Fsp3) is 0.258. The number of benzene rings is 2. The molecule has 0 radical (unpaired) electrons. The van der Waals surface area contributed by atoms with Gasteiger partial charge < -0.3 is 20.1 Å². The first-order chi connectivity index (χ1) is 18.7. The molecule has 2 aromatic carbocycles. The summed E-state index contributed by atoms with van der Waals surface area (Å²) < 4.78 is 2.25.